The monoisotopic (exact) mass is 284 g/mol. The average Bonchev–Trinajstić information content (AvgIpc) is 1.50. The van der Waals surface area contributed by atoms with Crippen molar-refractivity contribution in [3.63, 3.8) is 0 Å². The van der Waals surface area contributed by atoms with E-state index in [-0.39, 0.29) is 21.1 Å². The van der Waals surface area contributed by atoms with Crippen molar-refractivity contribution in [2.45, 2.75) is 0 Å². The van der Waals surface area contributed by atoms with Gasteiger partial charge in [-0.05, 0) is 0 Å². The second-order valence-corrected chi connectivity index (χ2v) is 0. The SMILES string of the molecule is [3H][CH2-].[S]=[V].[W]. The van der Waals surface area contributed by atoms with E-state index in [2.05, 4.69) is 17.7 Å². The van der Waals surface area contributed by atoms with Crippen LogP contribution in [0.2, 0.25) is 0 Å². The zero-order valence-electron chi connectivity index (χ0n) is 2.97. The van der Waals surface area contributed by atoms with Crippen LogP contribution in [0.25, 0.3) is 0 Å². The number of hydrogen-bond donors (Lipinski definition) is 0. The van der Waals surface area contributed by atoms with Crippen molar-refractivity contribution in [1.29, 1.82) is 0 Å². The van der Waals surface area contributed by atoms with Crippen molar-refractivity contribution >= 4 is 10.3 Å². The molecule has 0 unspecified atom stereocenters. The Kier molecular flexibility index (Phi) is 55.9. The summed E-state index contributed by atoms with van der Waals surface area (Å²) in [4.78, 5) is 0. The number of rotatable bonds is 0. The van der Waals surface area contributed by atoms with Crippen molar-refractivity contribution in [3.05, 3.63) is 7.40 Å². The molecule has 0 aromatic rings. The van der Waals surface area contributed by atoms with Crippen molar-refractivity contribution in [2.75, 3.05) is 0 Å². The molecule has 4 heavy (non-hydrogen) atoms. The van der Waals surface area contributed by atoms with E-state index in [1.807, 2.05) is 15.7 Å². The average molecular weight is 284 g/mol. The zero-order valence-corrected chi connectivity index (χ0v) is 7.12. The fourth-order valence-electron chi connectivity index (χ4n) is 0. The maximum atomic E-state index is 5.50. The molecule has 0 aromatic heterocycles. The largest absolute Gasteiger partial charge is 0 e. The summed E-state index contributed by atoms with van der Waals surface area (Å²) in [5, 5.41) is 0. The first-order valence-electron chi connectivity index (χ1n) is 0.890. The van der Waals surface area contributed by atoms with Crippen LogP contribution in [0.15, 0.2) is 0 Å². The van der Waals surface area contributed by atoms with Gasteiger partial charge in [-0.15, -0.1) is 0 Å². The fraction of sp³-hybridized carbons (Fsp3) is 0. The first-order chi connectivity index (χ1) is 2.00. The Morgan fingerprint density at radius 1 is 1.75 bits per heavy atom. The molecule has 0 aliphatic carbocycles. The van der Waals surface area contributed by atoms with Gasteiger partial charge in [0.25, 0.3) is 0 Å². The van der Waals surface area contributed by atoms with Gasteiger partial charge in [-0.1, -0.05) is 0 Å². The summed E-state index contributed by atoms with van der Waals surface area (Å²) in [5.74, 6) is 0. The van der Waals surface area contributed by atoms with Gasteiger partial charge in [-0.25, -0.2) is 1.37 Å². The molecular formula is CH3SVW-. The molecule has 0 spiro atoms. The van der Waals surface area contributed by atoms with Gasteiger partial charge in [0, 0.05) is 21.1 Å². The minimum absolute atomic E-state index is 0. The second kappa shape index (κ2) is 24.6. The molecule has 3 heteroatoms. The Balaban J connectivity index is -0.0000000133. The normalized spacial score (nSPS) is 2.50. The molecule has 0 aliphatic heterocycles. The van der Waals surface area contributed by atoms with Crippen LogP contribution in [-0.4, -0.2) is 0 Å². The standard InChI is InChI=1S/CH3.S.V.W/h1H3;;;/q-1;;;/i1T;;;. The van der Waals surface area contributed by atoms with Crippen molar-refractivity contribution in [2.24, 2.45) is 0 Å². The maximum absolute atomic E-state index is 5.50. The van der Waals surface area contributed by atoms with Gasteiger partial charge in [-0.3, -0.25) is 0 Å². The van der Waals surface area contributed by atoms with Gasteiger partial charge in [0.05, 0.1) is 0 Å². The molecule has 0 radical (unpaired) electrons. The van der Waals surface area contributed by atoms with E-state index >= 15 is 0 Å². The summed E-state index contributed by atoms with van der Waals surface area (Å²) in [7, 11) is 6.52. The maximum Gasteiger partial charge on any atom is 0 e. The third-order valence-electron chi connectivity index (χ3n) is 0. The molecule has 0 fully saturated rings. The summed E-state index contributed by atoms with van der Waals surface area (Å²) in [6, 6.07) is 0. The topological polar surface area (TPSA) is 0 Å². The molecule has 25 valence electrons. The Bertz CT molecular complexity index is 11.6. The molecule has 0 nitrogen and oxygen atoms in total. The van der Waals surface area contributed by atoms with E-state index in [1.165, 1.54) is 0 Å². The smallest absolute Gasteiger partial charge is 0 e. The molecule has 0 bridgehead atoms. The van der Waals surface area contributed by atoms with Crippen LogP contribution in [0.4, 0.5) is 0 Å². The van der Waals surface area contributed by atoms with E-state index in [0.717, 1.165) is 0 Å². The van der Waals surface area contributed by atoms with Crippen LogP contribution in [0.1, 0.15) is 1.37 Å². The minimum atomic E-state index is 0. The van der Waals surface area contributed by atoms with E-state index in [9.17, 15) is 0 Å². The molecule has 0 saturated carbocycles. The minimum Gasteiger partial charge on any atom is 0 e. The summed E-state index contributed by atoms with van der Waals surface area (Å²) >= 11 is 1.90. The quantitative estimate of drug-likeness (QED) is 0.600. The first-order valence-corrected chi connectivity index (χ1v) is 2.26. The van der Waals surface area contributed by atoms with Crippen LogP contribution in [-0.2, 0) is 36.8 Å². The summed E-state index contributed by atoms with van der Waals surface area (Å²) in [6.07, 6.45) is 0. The van der Waals surface area contributed by atoms with Crippen LogP contribution in [0.3, 0.4) is 0 Å². The van der Waals surface area contributed by atoms with Crippen LogP contribution < -0.4 is 0 Å². The Morgan fingerprint density at radius 3 is 1.75 bits per heavy atom. The second-order valence-electron chi connectivity index (χ2n) is 0. The zero-order chi connectivity index (χ0) is 4.00. The molecule has 0 N–H and O–H groups in total. The van der Waals surface area contributed by atoms with Gasteiger partial charge in [0.15, 0.2) is 0 Å². The predicted octanol–water partition coefficient (Wildman–Crippen LogP) is 1.09. The Morgan fingerprint density at radius 2 is 1.75 bits per heavy atom. The molecular weight excluding hydrogens is 279 g/mol. The Hall–Kier alpha value is 1.49. The molecule has 0 saturated heterocycles. The van der Waals surface area contributed by atoms with Crippen LogP contribution in [0, 0.1) is 7.40 Å². The third kappa shape index (κ3) is 9.74. The van der Waals surface area contributed by atoms with E-state index in [4.69, 9.17) is 1.37 Å². The van der Waals surface area contributed by atoms with Crippen molar-refractivity contribution in [3.8, 4) is 0 Å². The van der Waals surface area contributed by atoms with Gasteiger partial charge in [0.2, 0.25) is 0 Å². The third-order valence-corrected chi connectivity index (χ3v) is 0. The van der Waals surface area contributed by atoms with Crippen LogP contribution in [0.5, 0.6) is 0 Å². The number of hydrogen-bond acceptors (Lipinski definition) is 1. The van der Waals surface area contributed by atoms with E-state index in [1.54, 1.807) is 0 Å². The van der Waals surface area contributed by atoms with Gasteiger partial charge >= 0.3 is 26.0 Å². The molecule has 0 heterocycles. The van der Waals surface area contributed by atoms with Gasteiger partial charge < -0.3 is 7.40 Å². The fourth-order valence-corrected chi connectivity index (χ4v) is 0. The molecule has 0 rings (SSSR count). The molecule has 0 aromatic carbocycles. The van der Waals surface area contributed by atoms with E-state index in [0.29, 0.717) is 0 Å². The van der Waals surface area contributed by atoms with E-state index < -0.39 is 0 Å². The Labute approximate surface area is 55.7 Å². The van der Waals surface area contributed by atoms with Crippen LogP contribution >= 0.6 is 10.3 Å². The predicted molar refractivity (Wildman–Crippen MR) is 14.0 cm³/mol. The summed E-state index contributed by atoms with van der Waals surface area (Å²) in [6.45, 7) is 0. The summed E-state index contributed by atoms with van der Waals surface area (Å²) < 4.78 is 5.50. The van der Waals surface area contributed by atoms with Crippen molar-refractivity contribution < 1.29 is 38.2 Å². The summed E-state index contributed by atoms with van der Waals surface area (Å²) in [5.41, 5.74) is 0. The molecule has 0 amide bonds. The van der Waals surface area contributed by atoms with Crippen molar-refractivity contribution in [1.82, 2.24) is 0 Å². The molecule has 0 aliphatic rings. The van der Waals surface area contributed by atoms with Gasteiger partial charge in [0.1, 0.15) is 0 Å². The van der Waals surface area contributed by atoms with Gasteiger partial charge in [-0.2, -0.15) is 0 Å². The first kappa shape index (κ1) is 9.09. The molecule has 0 atom stereocenters.